The average Bonchev–Trinajstić information content (AvgIpc) is 2.82. The Bertz CT molecular complexity index is 439. The van der Waals surface area contributed by atoms with Gasteiger partial charge in [0.25, 0.3) is 0 Å². The fourth-order valence-corrected chi connectivity index (χ4v) is 2.20. The third-order valence-electron chi connectivity index (χ3n) is 3.97. The number of aromatic nitrogens is 3. The van der Waals surface area contributed by atoms with Gasteiger partial charge in [0.05, 0.1) is 5.41 Å². The highest BCUT2D eigenvalue weighted by molar-refractivity contribution is 5.74. The lowest BCUT2D eigenvalue weighted by atomic mass is 9.76. The van der Waals surface area contributed by atoms with Gasteiger partial charge in [-0.25, -0.2) is 0 Å². The standard InChI is InChI=1S/C12H19N3O2/c1-8(2)12(3,11(16)17)7-10-14-13-9-5-4-6-15(9)10/h8H,4-7H2,1-3H3,(H,16,17). The lowest BCUT2D eigenvalue weighted by molar-refractivity contribution is -0.150. The van der Waals surface area contributed by atoms with Gasteiger partial charge in [-0.15, -0.1) is 10.2 Å². The van der Waals surface area contributed by atoms with Crippen LogP contribution < -0.4 is 0 Å². The Balaban J connectivity index is 2.27. The Hall–Kier alpha value is -1.39. The Morgan fingerprint density at radius 3 is 2.82 bits per heavy atom. The smallest absolute Gasteiger partial charge is 0.310 e. The normalized spacial score (nSPS) is 18.1. The summed E-state index contributed by atoms with van der Waals surface area (Å²) in [6.45, 7) is 6.59. The van der Waals surface area contributed by atoms with Crippen LogP contribution in [0.3, 0.4) is 0 Å². The molecule has 0 saturated carbocycles. The van der Waals surface area contributed by atoms with E-state index in [0.29, 0.717) is 6.42 Å². The maximum atomic E-state index is 11.4. The molecule has 1 N–H and O–H groups in total. The summed E-state index contributed by atoms with van der Waals surface area (Å²) in [4.78, 5) is 11.4. The monoisotopic (exact) mass is 237 g/mol. The van der Waals surface area contributed by atoms with Gasteiger partial charge >= 0.3 is 5.97 Å². The minimum absolute atomic E-state index is 0.0642. The lowest BCUT2D eigenvalue weighted by Crippen LogP contribution is -2.36. The van der Waals surface area contributed by atoms with Gasteiger partial charge in [0.1, 0.15) is 11.6 Å². The summed E-state index contributed by atoms with van der Waals surface area (Å²) in [7, 11) is 0. The van der Waals surface area contributed by atoms with Crippen molar-refractivity contribution in [2.45, 2.75) is 46.6 Å². The highest BCUT2D eigenvalue weighted by Gasteiger charge is 2.38. The molecule has 1 aromatic heterocycles. The molecule has 0 radical (unpaired) electrons. The van der Waals surface area contributed by atoms with Gasteiger partial charge in [0.15, 0.2) is 0 Å². The Labute approximate surface area is 101 Å². The number of carbonyl (C=O) groups is 1. The molecule has 0 aliphatic carbocycles. The van der Waals surface area contributed by atoms with Crippen LogP contribution in [0.2, 0.25) is 0 Å². The molecule has 17 heavy (non-hydrogen) atoms. The van der Waals surface area contributed by atoms with Crippen molar-refractivity contribution in [2.24, 2.45) is 11.3 Å². The zero-order valence-electron chi connectivity index (χ0n) is 10.6. The average molecular weight is 237 g/mol. The Kier molecular flexibility index (Phi) is 2.93. The van der Waals surface area contributed by atoms with Crippen molar-refractivity contribution in [3.05, 3.63) is 11.6 Å². The van der Waals surface area contributed by atoms with Gasteiger partial charge in [-0.2, -0.15) is 0 Å². The predicted molar refractivity (Wildman–Crippen MR) is 62.6 cm³/mol. The summed E-state index contributed by atoms with van der Waals surface area (Å²) in [5.41, 5.74) is -0.771. The molecule has 1 aliphatic heterocycles. The van der Waals surface area contributed by atoms with Gasteiger partial charge in [-0.05, 0) is 19.3 Å². The van der Waals surface area contributed by atoms with Crippen LogP contribution in [0.4, 0.5) is 0 Å². The zero-order valence-corrected chi connectivity index (χ0v) is 10.6. The molecule has 0 fully saturated rings. The second-order valence-electron chi connectivity index (χ2n) is 5.34. The minimum atomic E-state index is -0.771. The van der Waals surface area contributed by atoms with Crippen molar-refractivity contribution in [1.82, 2.24) is 14.8 Å². The van der Waals surface area contributed by atoms with Crippen molar-refractivity contribution in [1.29, 1.82) is 0 Å². The second kappa shape index (κ2) is 4.13. The number of aliphatic carboxylic acids is 1. The van der Waals surface area contributed by atoms with E-state index < -0.39 is 11.4 Å². The number of rotatable bonds is 4. The lowest BCUT2D eigenvalue weighted by Gasteiger charge is -2.28. The molecular weight excluding hydrogens is 218 g/mol. The van der Waals surface area contributed by atoms with Crippen molar-refractivity contribution in [2.75, 3.05) is 0 Å². The first kappa shape index (κ1) is 12.1. The quantitative estimate of drug-likeness (QED) is 0.862. The molecule has 94 valence electrons. The van der Waals surface area contributed by atoms with E-state index in [1.807, 2.05) is 13.8 Å². The van der Waals surface area contributed by atoms with Crippen LogP contribution in [0.25, 0.3) is 0 Å². The molecule has 5 nitrogen and oxygen atoms in total. The van der Waals surface area contributed by atoms with Crippen molar-refractivity contribution in [3.63, 3.8) is 0 Å². The number of nitrogens with zero attached hydrogens (tertiary/aromatic N) is 3. The van der Waals surface area contributed by atoms with Gasteiger partial charge in [0.2, 0.25) is 0 Å². The first-order chi connectivity index (χ1) is 7.95. The van der Waals surface area contributed by atoms with E-state index >= 15 is 0 Å². The van der Waals surface area contributed by atoms with E-state index in [9.17, 15) is 9.90 Å². The van der Waals surface area contributed by atoms with E-state index in [0.717, 1.165) is 31.0 Å². The summed E-state index contributed by atoms with van der Waals surface area (Å²) in [6.07, 6.45) is 2.49. The number of hydrogen-bond donors (Lipinski definition) is 1. The van der Waals surface area contributed by atoms with Crippen LogP contribution in [-0.4, -0.2) is 25.8 Å². The topological polar surface area (TPSA) is 68.0 Å². The van der Waals surface area contributed by atoms with Gasteiger partial charge in [0, 0.05) is 19.4 Å². The summed E-state index contributed by atoms with van der Waals surface area (Å²) >= 11 is 0. The van der Waals surface area contributed by atoms with E-state index in [1.54, 1.807) is 6.92 Å². The fraction of sp³-hybridized carbons (Fsp3) is 0.750. The highest BCUT2D eigenvalue weighted by Crippen LogP contribution is 2.32. The summed E-state index contributed by atoms with van der Waals surface area (Å²) in [6, 6.07) is 0. The van der Waals surface area contributed by atoms with E-state index in [1.165, 1.54) is 0 Å². The van der Waals surface area contributed by atoms with Crippen LogP contribution in [-0.2, 0) is 24.2 Å². The molecule has 2 heterocycles. The van der Waals surface area contributed by atoms with Crippen LogP contribution in [0.5, 0.6) is 0 Å². The number of carboxylic acid groups (broad SMARTS) is 1. The van der Waals surface area contributed by atoms with Crippen LogP contribution in [0.1, 0.15) is 38.8 Å². The predicted octanol–water partition coefficient (Wildman–Crippen LogP) is 1.51. The third kappa shape index (κ3) is 1.94. The van der Waals surface area contributed by atoms with Gasteiger partial charge in [-0.3, -0.25) is 4.79 Å². The van der Waals surface area contributed by atoms with Crippen molar-refractivity contribution >= 4 is 5.97 Å². The van der Waals surface area contributed by atoms with E-state index in [-0.39, 0.29) is 5.92 Å². The summed E-state index contributed by atoms with van der Waals surface area (Å²) in [5.74, 6) is 1.12. The highest BCUT2D eigenvalue weighted by atomic mass is 16.4. The van der Waals surface area contributed by atoms with Gasteiger partial charge < -0.3 is 9.67 Å². The second-order valence-corrected chi connectivity index (χ2v) is 5.34. The largest absolute Gasteiger partial charge is 0.481 e. The molecular formula is C12H19N3O2. The number of aryl methyl sites for hydroxylation is 1. The SMILES string of the molecule is CC(C)C(C)(Cc1nnc2n1CCC2)C(=O)O. The number of hydrogen-bond acceptors (Lipinski definition) is 3. The molecule has 0 aromatic carbocycles. The van der Waals surface area contributed by atoms with Crippen molar-refractivity contribution in [3.8, 4) is 0 Å². The van der Waals surface area contributed by atoms with Crippen molar-refractivity contribution < 1.29 is 9.90 Å². The van der Waals surface area contributed by atoms with Crippen LogP contribution in [0.15, 0.2) is 0 Å². The summed E-state index contributed by atoms with van der Waals surface area (Å²) in [5, 5.41) is 17.6. The first-order valence-corrected chi connectivity index (χ1v) is 6.09. The molecule has 0 saturated heterocycles. The molecule has 1 aliphatic rings. The molecule has 0 amide bonds. The minimum Gasteiger partial charge on any atom is -0.481 e. The maximum absolute atomic E-state index is 11.4. The van der Waals surface area contributed by atoms with E-state index in [2.05, 4.69) is 14.8 Å². The maximum Gasteiger partial charge on any atom is 0.310 e. The molecule has 0 bridgehead atoms. The fourth-order valence-electron chi connectivity index (χ4n) is 2.20. The first-order valence-electron chi connectivity index (χ1n) is 6.09. The molecule has 5 heteroatoms. The molecule has 1 unspecified atom stereocenters. The number of fused-ring (bicyclic) bond motifs is 1. The Morgan fingerprint density at radius 2 is 2.24 bits per heavy atom. The Morgan fingerprint density at radius 1 is 1.53 bits per heavy atom. The third-order valence-corrected chi connectivity index (χ3v) is 3.97. The van der Waals surface area contributed by atoms with Crippen LogP contribution >= 0.6 is 0 Å². The van der Waals surface area contributed by atoms with E-state index in [4.69, 9.17) is 0 Å². The van der Waals surface area contributed by atoms with Gasteiger partial charge in [-0.1, -0.05) is 13.8 Å². The molecule has 2 rings (SSSR count). The zero-order chi connectivity index (χ0) is 12.6. The molecule has 1 atom stereocenters. The molecule has 0 spiro atoms. The molecule has 1 aromatic rings. The van der Waals surface area contributed by atoms with Crippen LogP contribution in [0, 0.1) is 11.3 Å². The summed E-state index contributed by atoms with van der Waals surface area (Å²) < 4.78 is 2.07. The number of carboxylic acids is 1.